The maximum atomic E-state index is 12.3. The van der Waals surface area contributed by atoms with Crippen molar-refractivity contribution in [2.45, 2.75) is 31.8 Å². The van der Waals surface area contributed by atoms with Gasteiger partial charge in [-0.05, 0) is 37.8 Å². The van der Waals surface area contributed by atoms with Gasteiger partial charge in [-0.25, -0.2) is 0 Å². The lowest BCUT2D eigenvalue weighted by atomic mass is 9.98. The summed E-state index contributed by atoms with van der Waals surface area (Å²) in [5, 5.41) is 12.2. The maximum absolute atomic E-state index is 12.3. The van der Waals surface area contributed by atoms with Gasteiger partial charge >= 0.3 is 0 Å². The van der Waals surface area contributed by atoms with Gasteiger partial charge in [0.05, 0.1) is 27.3 Å². The molecule has 1 aliphatic carbocycles. The monoisotopic (exact) mass is 332 g/mol. The van der Waals surface area contributed by atoms with E-state index in [9.17, 15) is 10.1 Å². The first kappa shape index (κ1) is 18.1. The van der Waals surface area contributed by atoms with Crippen LogP contribution in [0.5, 0.6) is 11.5 Å². The molecule has 1 fully saturated rings. The quantitative estimate of drug-likeness (QED) is 0.728. The van der Waals surface area contributed by atoms with E-state index in [2.05, 4.69) is 11.4 Å². The lowest BCUT2D eigenvalue weighted by Gasteiger charge is -2.24. The smallest absolute Gasteiger partial charge is 0.276 e. The molecule has 24 heavy (non-hydrogen) atoms. The van der Waals surface area contributed by atoms with Crippen molar-refractivity contribution >= 4 is 5.91 Å². The molecule has 0 aliphatic heterocycles. The Morgan fingerprint density at radius 2 is 2.12 bits per heavy atom. The lowest BCUT2D eigenvalue weighted by Crippen LogP contribution is -3.09. The Balaban J connectivity index is 1.94. The number of nitriles is 1. The molecule has 1 aliphatic rings. The predicted octanol–water partition coefficient (Wildman–Crippen LogP) is 0.527. The van der Waals surface area contributed by atoms with Gasteiger partial charge in [0.1, 0.15) is 23.6 Å². The third-order valence-electron chi connectivity index (χ3n) is 4.47. The zero-order valence-electron chi connectivity index (χ0n) is 14.8. The van der Waals surface area contributed by atoms with Crippen molar-refractivity contribution in [2.75, 3.05) is 27.8 Å². The fourth-order valence-electron chi connectivity index (χ4n) is 2.88. The summed E-state index contributed by atoms with van der Waals surface area (Å²) in [7, 11) is 5.18. The Bertz CT molecular complexity index is 637. The second-order valence-corrected chi connectivity index (χ2v) is 6.63. The first-order valence-corrected chi connectivity index (χ1v) is 8.16. The van der Waals surface area contributed by atoms with Crippen molar-refractivity contribution in [3.8, 4) is 17.6 Å². The van der Waals surface area contributed by atoms with Crippen LogP contribution in [0.25, 0.3) is 0 Å². The molecule has 0 saturated heterocycles. The molecule has 1 aromatic rings. The summed E-state index contributed by atoms with van der Waals surface area (Å²) in [6, 6.07) is 7.91. The van der Waals surface area contributed by atoms with E-state index in [0.29, 0.717) is 13.1 Å². The number of likely N-dealkylation sites (N-methyl/N-ethyl adjacent to an activating group) is 1. The molecule has 2 atom stereocenters. The number of hydrogen-bond donors (Lipinski definition) is 2. The fraction of sp³-hybridized carbons (Fsp3) is 0.556. The minimum Gasteiger partial charge on any atom is -0.497 e. The molecule has 0 radical (unpaired) electrons. The first-order chi connectivity index (χ1) is 11.4. The molecule has 6 heteroatoms. The average molecular weight is 332 g/mol. The van der Waals surface area contributed by atoms with Gasteiger partial charge in [0.25, 0.3) is 5.91 Å². The summed E-state index contributed by atoms with van der Waals surface area (Å²) in [6.07, 6.45) is 2.02. The Labute approximate surface area is 143 Å². The van der Waals surface area contributed by atoms with Crippen molar-refractivity contribution in [2.24, 2.45) is 5.92 Å². The van der Waals surface area contributed by atoms with Crippen LogP contribution in [0.15, 0.2) is 18.2 Å². The number of rotatable bonds is 8. The molecule has 2 N–H and O–H groups in total. The topological polar surface area (TPSA) is 75.8 Å². The Morgan fingerprint density at radius 1 is 1.42 bits per heavy atom. The third kappa shape index (κ3) is 4.39. The molecule has 1 unspecified atom stereocenters. The van der Waals surface area contributed by atoms with E-state index >= 15 is 0 Å². The standard InChI is InChI=1S/C18H25N3O3/c1-18(12-19,14-6-7-14)20-17(22)11-21(2)10-13-5-8-15(23-3)9-16(13)24-4/h5,8-9,14H,6-7,10-11H2,1-4H3,(H,20,22)/p+1/t18-/m1/s1. The first-order valence-electron chi connectivity index (χ1n) is 8.16. The number of hydrogen-bond acceptors (Lipinski definition) is 4. The normalized spacial score (nSPS) is 17.3. The Hall–Kier alpha value is -2.26. The van der Waals surface area contributed by atoms with E-state index in [4.69, 9.17) is 9.47 Å². The summed E-state index contributed by atoms with van der Waals surface area (Å²) in [5.74, 6) is 1.67. The van der Waals surface area contributed by atoms with E-state index in [1.165, 1.54) is 0 Å². The lowest BCUT2D eigenvalue weighted by molar-refractivity contribution is -0.885. The number of benzene rings is 1. The summed E-state index contributed by atoms with van der Waals surface area (Å²) >= 11 is 0. The second-order valence-electron chi connectivity index (χ2n) is 6.63. The number of amides is 1. The molecule has 130 valence electrons. The van der Waals surface area contributed by atoms with Crippen LogP contribution in [0.2, 0.25) is 0 Å². The van der Waals surface area contributed by atoms with E-state index in [-0.39, 0.29) is 11.8 Å². The summed E-state index contributed by atoms with van der Waals surface area (Å²) in [6.45, 7) is 2.76. The number of nitrogens with one attached hydrogen (secondary N) is 2. The van der Waals surface area contributed by atoms with Crippen LogP contribution < -0.4 is 19.7 Å². The average Bonchev–Trinajstić information content (AvgIpc) is 3.40. The van der Waals surface area contributed by atoms with Gasteiger partial charge < -0.3 is 19.7 Å². The second kappa shape index (κ2) is 7.54. The van der Waals surface area contributed by atoms with E-state index in [0.717, 1.165) is 34.8 Å². The number of carbonyl (C=O) groups excluding carboxylic acids is 1. The summed E-state index contributed by atoms with van der Waals surface area (Å²) < 4.78 is 10.6. The van der Waals surface area contributed by atoms with Gasteiger partial charge in [-0.15, -0.1) is 0 Å². The molecule has 1 aromatic carbocycles. The highest BCUT2D eigenvalue weighted by Gasteiger charge is 2.43. The number of methoxy groups -OCH3 is 2. The summed E-state index contributed by atoms with van der Waals surface area (Å²) in [4.78, 5) is 13.3. The largest absolute Gasteiger partial charge is 0.497 e. The molecule has 1 amide bonds. The summed E-state index contributed by atoms with van der Waals surface area (Å²) in [5.41, 5.74) is 0.267. The van der Waals surface area contributed by atoms with Gasteiger partial charge in [0.15, 0.2) is 6.54 Å². The molecule has 1 saturated carbocycles. The molecule has 0 heterocycles. The van der Waals surface area contributed by atoms with Crippen molar-refractivity contribution in [1.29, 1.82) is 5.26 Å². The highest BCUT2D eigenvalue weighted by atomic mass is 16.5. The third-order valence-corrected chi connectivity index (χ3v) is 4.47. The zero-order chi connectivity index (χ0) is 17.7. The van der Waals surface area contributed by atoms with E-state index in [1.807, 2.05) is 32.2 Å². The van der Waals surface area contributed by atoms with Crippen LogP contribution in [0, 0.1) is 17.2 Å². The molecule has 6 nitrogen and oxygen atoms in total. The van der Waals surface area contributed by atoms with Crippen LogP contribution in [-0.2, 0) is 11.3 Å². The van der Waals surface area contributed by atoms with Crippen molar-refractivity contribution in [1.82, 2.24) is 5.32 Å². The van der Waals surface area contributed by atoms with Crippen LogP contribution in [0.1, 0.15) is 25.3 Å². The number of ether oxygens (including phenoxy) is 2. The van der Waals surface area contributed by atoms with Crippen molar-refractivity contribution < 1.29 is 19.2 Å². The van der Waals surface area contributed by atoms with Crippen molar-refractivity contribution in [3.63, 3.8) is 0 Å². The van der Waals surface area contributed by atoms with E-state index < -0.39 is 5.54 Å². The maximum Gasteiger partial charge on any atom is 0.276 e. The van der Waals surface area contributed by atoms with Crippen LogP contribution in [0.3, 0.4) is 0 Å². The molecular weight excluding hydrogens is 306 g/mol. The molecule has 2 rings (SSSR count). The fourth-order valence-corrected chi connectivity index (χ4v) is 2.88. The van der Waals surface area contributed by atoms with Crippen LogP contribution >= 0.6 is 0 Å². The highest BCUT2D eigenvalue weighted by molar-refractivity contribution is 5.78. The minimum atomic E-state index is -0.741. The van der Waals surface area contributed by atoms with Gasteiger partial charge in [0, 0.05) is 11.6 Å². The Morgan fingerprint density at radius 3 is 2.67 bits per heavy atom. The number of nitrogens with zero attached hydrogens (tertiary/aromatic N) is 1. The minimum absolute atomic E-state index is 0.101. The molecular formula is C18H26N3O3+. The molecule has 0 spiro atoms. The van der Waals surface area contributed by atoms with Gasteiger partial charge in [-0.1, -0.05) is 0 Å². The van der Waals surface area contributed by atoms with Crippen molar-refractivity contribution in [3.05, 3.63) is 23.8 Å². The van der Waals surface area contributed by atoms with Crippen LogP contribution in [0.4, 0.5) is 0 Å². The highest BCUT2D eigenvalue weighted by Crippen LogP contribution is 2.39. The van der Waals surface area contributed by atoms with E-state index in [1.54, 1.807) is 14.2 Å². The predicted molar refractivity (Wildman–Crippen MR) is 89.9 cm³/mol. The Kier molecular flexibility index (Phi) is 5.68. The van der Waals surface area contributed by atoms with Gasteiger partial charge in [-0.2, -0.15) is 5.26 Å². The van der Waals surface area contributed by atoms with Gasteiger partial charge in [-0.3, -0.25) is 4.79 Å². The molecule has 0 aromatic heterocycles. The number of carbonyl (C=O) groups is 1. The zero-order valence-corrected chi connectivity index (χ0v) is 14.8. The SMILES string of the molecule is COc1ccc(C[NH+](C)CC(=O)N[C@](C)(C#N)C2CC2)c(OC)c1. The van der Waals surface area contributed by atoms with Crippen LogP contribution in [-0.4, -0.2) is 39.3 Å². The molecule has 0 bridgehead atoms. The number of quaternary nitrogens is 1. The van der Waals surface area contributed by atoms with Gasteiger partial charge in [0.2, 0.25) is 0 Å².